The quantitative estimate of drug-likeness (QED) is 0.936. The number of likely N-dealkylation sites (tertiary alicyclic amines) is 1. The molecule has 7 heteroatoms. The number of carbonyl (C=O) groups excluding carboxylic acids is 1. The van der Waals surface area contributed by atoms with E-state index in [1.165, 1.54) is 0 Å². The Balaban J connectivity index is 1.79. The van der Waals surface area contributed by atoms with Gasteiger partial charge in [-0.3, -0.25) is 0 Å². The van der Waals surface area contributed by atoms with Gasteiger partial charge in [0.25, 0.3) is 0 Å². The molecule has 24 heavy (non-hydrogen) atoms. The maximum absolute atomic E-state index is 12.8. The number of pyridine rings is 1. The molecule has 0 bridgehead atoms. The van der Waals surface area contributed by atoms with Gasteiger partial charge < -0.3 is 19.6 Å². The van der Waals surface area contributed by atoms with Crippen LogP contribution >= 0.6 is 0 Å². The summed E-state index contributed by atoms with van der Waals surface area (Å²) < 4.78 is 5.36. The van der Waals surface area contributed by atoms with E-state index in [4.69, 9.17) is 4.52 Å². The van der Waals surface area contributed by atoms with E-state index in [1.54, 1.807) is 4.90 Å². The summed E-state index contributed by atoms with van der Waals surface area (Å²) in [4.78, 5) is 21.0. The van der Waals surface area contributed by atoms with Gasteiger partial charge in [0.2, 0.25) is 0 Å². The van der Waals surface area contributed by atoms with E-state index in [0.717, 1.165) is 35.8 Å². The molecule has 1 aliphatic heterocycles. The molecule has 1 saturated heterocycles. The smallest absolute Gasteiger partial charge is 0.322 e. The van der Waals surface area contributed by atoms with Crippen molar-refractivity contribution < 1.29 is 9.32 Å². The van der Waals surface area contributed by atoms with E-state index in [-0.39, 0.29) is 12.1 Å². The number of anilines is 2. The lowest BCUT2D eigenvalue weighted by atomic mass is 10.1. The molecule has 0 saturated carbocycles. The zero-order valence-corrected chi connectivity index (χ0v) is 14.5. The van der Waals surface area contributed by atoms with Crippen molar-refractivity contribution >= 4 is 17.5 Å². The number of amides is 2. The number of aromatic nitrogens is 2. The Morgan fingerprint density at radius 3 is 2.79 bits per heavy atom. The fraction of sp³-hybridized carbons (Fsp3) is 0.471. The minimum absolute atomic E-state index is 0.0626. The third-order valence-electron chi connectivity index (χ3n) is 4.17. The average molecular weight is 329 g/mol. The van der Waals surface area contributed by atoms with Crippen molar-refractivity contribution in [3.8, 4) is 0 Å². The number of nitrogens with one attached hydrogen (secondary N) is 1. The maximum atomic E-state index is 12.8. The van der Waals surface area contributed by atoms with E-state index < -0.39 is 0 Å². The summed E-state index contributed by atoms with van der Waals surface area (Å²) in [6.07, 6.45) is 1.83. The molecule has 2 aromatic rings. The summed E-state index contributed by atoms with van der Waals surface area (Å²) in [5.74, 6) is 1.49. The first-order chi connectivity index (χ1) is 11.5. The average Bonchev–Trinajstić information content (AvgIpc) is 3.17. The third kappa shape index (κ3) is 3.20. The molecule has 0 radical (unpaired) electrons. The normalized spacial score (nSPS) is 17.2. The zero-order chi connectivity index (χ0) is 17.3. The molecule has 1 fully saturated rings. The summed E-state index contributed by atoms with van der Waals surface area (Å²) in [7, 11) is 3.82. The minimum Gasteiger partial charge on any atom is -0.361 e. The Morgan fingerprint density at radius 1 is 1.33 bits per heavy atom. The summed E-state index contributed by atoms with van der Waals surface area (Å²) in [5, 5.41) is 6.92. The first kappa shape index (κ1) is 16.3. The lowest BCUT2D eigenvalue weighted by Gasteiger charge is -2.24. The van der Waals surface area contributed by atoms with Crippen LogP contribution in [-0.4, -0.2) is 41.7 Å². The molecule has 7 nitrogen and oxygen atoms in total. The second-order valence-corrected chi connectivity index (χ2v) is 6.37. The molecule has 1 atom stereocenters. The van der Waals surface area contributed by atoms with Crippen LogP contribution in [-0.2, 0) is 0 Å². The van der Waals surface area contributed by atoms with Crippen molar-refractivity contribution in [2.45, 2.75) is 32.7 Å². The van der Waals surface area contributed by atoms with Crippen LogP contribution in [0.4, 0.5) is 16.3 Å². The van der Waals surface area contributed by atoms with Gasteiger partial charge in [0.05, 0.1) is 17.4 Å². The monoisotopic (exact) mass is 329 g/mol. The number of rotatable bonds is 3. The Labute approximate surface area is 141 Å². The first-order valence-electron chi connectivity index (χ1n) is 8.11. The van der Waals surface area contributed by atoms with E-state index in [2.05, 4.69) is 15.5 Å². The number of urea groups is 1. The van der Waals surface area contributed by atoms with Crippen molar-refractivity contribution in [1.29, 1.82) is 0 Å². The largest absolute Gasteiger partial charge is 0.361 e. The highest BCUT2D eigenvalue weighted by Crippen LogP contribution is 2.33. The zero-order valence-electron chi connectivity index (χ0n) is 14.5. The highest BCUT2D eigenvalue weighted by atomic mass is 16.5. The van der Waals surface area contributed by atoms with Gasteiger partial charge in [-0.1, -0.05) is 5.16 Å². The molecule has 128 valence electrons. The van der Waals surface area contributed by atoms with Crippen LogP contribution in [0.2, 0.25) is 0 Å². The fourth-order valence-corrected chi connectivity index (χ4v) is 3.01. The fourth-order valence-electron chi connectivity index (χ4n) is 3.01. The van der Waals surface area contributed by atoms with E-state index in [0.29, 0.717) is 12.2 Å². The van der Waals surface area contributed by atoms with Crippen molar-refractivity contribution in [3.63, 3.8) is 0 Å². The van der Waals surface area contributed by atoms with Crippen LogP contribution in [0, 0.1) is 13.8 Å². The molecular weight excluding hydrogens is 306 g/mol. The van der Waals surface area contributed by atoms with E-state index in [1.807, 2.05) is 51.0 Å². The maximum Gasteiger partial charge on any atom is 0.322 e. The SMILES string of the molecule is Cc1cc([C@H]2CCCN2C(=O)Nc2ccc(C)nc2N(C)C)on1. The number of aryl methyl sites for hydroxylation is 2. The molecule has 0 spiro atoms. The van der Waals surface area contributed by atoms with Gasteiger partial charge in [0.1, 0.15) is 0 Å². The molecular formula is C17H23N5O2. The lowest BCUT2D eigenvalue weighted by Crippen LogP contribution is -2.34. The minimum atomic E-state index is -0.139. The van der Waals surface area contributed by atoms with Crippen LogP contribution in [0.25, 0.3) is 0 Å². The standard InChI is InChI=1S/C17H23N5O2/c1-11-7-8-13(16(18-11)21(3)4)19-17(23)22-9-5-6-14(22)15-10-12(2)20-24-15/h7-8,10,14H,5-6,9H2,1-4H3,(H,19,23)/t14-/m1/s1. The van der Waals surface area contributed by atoms with Crippen LogP contribution < -0.4 is 10.2 Å². The lowest BCUT2D eigenvalue weighted by molar-refractivity contribution is 0.195. The molecule has 2 amide bonds. The van der Waals surface area contributed by atoms with E-state index >= 15 is 0 Å². The molecule has 2 aromatic heterocycles. The van der Waals surface area contributed by atoms with Crippen LogP contribution in [0.1, 0.15) is 36.0 Å². The van der Waals surface area contributed by atoms with Crippen LogP contribution in [0.5, 0.6) is 0 Å². The predicted octanol–water partition coefficient (Wildman–Crippen LogP) is 3.12. The summed E-state index contributed by atoms with van der Waals surface area (Å²) >= 11 is 0. The molecule has 3 rings (SSSR count). The molecule has 0 aliphatic carbocycles. The molecule has 1 aliphatic rings. The van der Waals surface area contributed by atoms with Crippen molar-refractivity contribution in [3.05, 3.63) is 35.3 Å². The van der Waals surface area contributed by atoms with E-state index in [9.17, 15) is 4.79 Å². The molecule has 0 unspecified atom stereocenters. The predicted molar refractivity (Wildman–Crippen MR) is 92.2 cm³/mol. The Morgan fingerprint density at radius 2 is 2.12 bits per heavy atom. The molecule has 3 heterocycles. The Hall–Kier alpha value is -2.57. The first-order valence-corrected chi connectivity index (χ1v) is 8.11. The van der Waals surface area contributed by atoms with Gasteiger partial charge in [0, 0.05) is 32.4 Å². The van der Waals surface area contributed by atoms with Gasteiger partial charge >= 0.3 is 6.03 Å². The van der Waals surface area contributed by atoms with Crippen LogP contribution in [0.15, 0.2) is 22.7 Å². The van der Waals surface area contributed by atoms with Crippen molar-refractivity contribution in [1.82, 2.24) is 15.0 Å². The Bertz CT molecular complexity index is 740. The highest BCUT2D eigenvalue weighted by Gasteiger charge is 2.33. The number of hydrogen-bond donors (Lipinski definition) is 1. The third-order valence-corrected chi connectivity index (χ3v) is 4.17. The van der Waals surface area contributed by atoms with Crippen molar-refractivity contribution in [2.24, 2.45) is 0 Å². The second-order valence-electron chi connectivity index (χ2n) is 6.37. The van der Waals surface area contributed by atoms with Gasteiger partial charge in [-0.2, -0.15) is 0 Å². The van der Waals surface area contributed by atoms with Gasteiger partial charge in [-0.25, -0.2) is 9.78 Å². The van der Waals surface area contributed by atoms with Gasteiger partial charge in [-0.05, 0) is 38.8 Å². The topological polar surface area (TPSA) is 74.5 Å². The number of hydrogen-bond acceptors (Lipinski definition) is 5. The van der Waals surface area contributed by atoms with Gasteiger partial charge in [-0.15, -0.1) is 0 Å². The van der Waals surface area contributed by atoms with Crippen LogP contribution in [0.3, 0.4) is 0 Å². The molecule has 0 aromatic carbocycles. The Kier molecular flexibility index (Phi) is 4.42. The number of carbonyl (C=O) groups is 1. The summed E-state index contributed by atoms with van der Waals surface area (Å²) in [6, 6.07) is 5.48. The second kappa shape index (κ2) is 6.51. The number of nitrogens with zero attached hydrogens (tertiary/aromatic N) is 4. The summed E-state index contributed by atoms with van der Waals surface area (Å²) in [6.45, 7) is 4.52. The molecule has 1 N–H and O–H groups in total. The van der Waals surface area contributed by atoms with Gasteiger partial charge in [0.15, 0.2) is 11.6 Å². The summed E-state index contributed by atoms with van der Waals surface area (Å²) in [5.41, 5.74) is 2.44. The highest BCUT2D eigenvalue weighted by molar-refractivity contribution is 5.92. The van der Waals surface area contributed by atoms with Crippen molar-refractivity contribution in [2.75, 3.05) is 30.9 Å².